The average molecular weight is 411 g/mol. The normalized spacial score (nSPS) is 12.2. The molecule has 0 aliphatic carbocycles. The highest BCUT2D eigenvalue weighted by Crippen LogP contribution is 2.10. The van der Waals surface area contributed by atoms with Crippen molar-refractivity contribution in [1.29, 1.82) is 0 Å². The van der Waals surface area contributed by atoms with Crippen molar-refractivity contribution in [2.45, 2.75) is 117 Å². The van der Waals surface area contributed by atoms with Crippen LogP contribution in [0.2, 0.25) is 0 Å². The van der Waals surface area contributed by atoms with E-state index in [1.165, 1.54) is 70.6 Å². The number of hydrogen-bond donors (Lipinski definition) is 0. The summed E-state index contributed by atoms with van der Waals surface area (Å²) in [5, 5.41) is 0. The second-order valence-corrected chi connectivity index (χ2v) is 8.03. The van der Waals surface area contributed by atoms with Crippen LogP contribution >= 0.6 is 0 Å². The van der Waals surface area contributed by atoms with Crippen LogP contribution in [0.4, 0.5) is 0 Å². The van der Waals surface area contributed by atoms with Gasteiger partial charge >= 0.3 is 11.9 Å². The molecule has 0 aromatic carbocycles. The first-order valence-electron chi connectivity index (χ1n) is 12.1. The van der Waals surface area contributed by atoms with Crippen molar-refractivity contribution in [1.82, 2.24) is 0 Å². The monoisotopic (exact) mass is 410 g/mol. The Bertz CT molecular complexity index is 417. The van der Waals surface area contributed by atoms with Crippen LogP contribution in [0.25, 0.3) is 0 Å². The molecule has 0 saturated heterocycles. The molecule has 0 aromatic rings. The number of allylic oxidation sites excluding steroid dienone is 2. The highest BCUT2D eigenvalue weighted by molar-refractivity contribution is 5.72. The zero-order valence-corrected chi connectivity index (χ0v) is 19.4. The Kier molecular flexibility index (Phi) is 20.4. The molecule has 0 aliphatic rings. The van der Waals surface area contributed by atoms with E-state index in [1.807, 2.05) is 13.8 Å². The molecule has 4 nitrogen and oxygen atoms in total. The molecule has 0 spiro atoms. The molecular weight excluding hydrogens is 364 g/mol. The van der Waals surface area contributed by atoms with Crippen molar-refractivity contribution in [3.05, 3.63) is 12.2 Å². The van der Waals surface area contributed by atoms with Gasteiger partial charge in [0.1, 0.15) is 13.2 Å². The molecule has 0 amide bonds. The molecule has 0 radical (unpaired) electrons. The van der Waals surface area contributed by atoms with Crippen molar-refractivity contribution < 1.29 is 19.1 Å². The van der Waals surface area contributed by atoms with E-state index in [-0.39, 0.29) is 31.1 Å². The minimum absolute atomic E-state index is 0.0958. The second kappa shape index (κ2) is 21.4. The minimum Gasteiger partial charge on any atom is -0.462 e. The largest absolute Gasteiger partial charge is 0.462 e. The Balaban J connectivity index is 3.32. The third kappa shape index (κ3) is 19.8. The number of carbonyl (C=O) groups excluding carboxylic acids is 2. The Morgan fingerprint density at radius 3 is 1.83 bits per heavy atom. The van der Waals surface area contributed by atoms with Gasteiger partial charge in [-0.25, -0.2) is 0 Å². The van der Waals surface area contributed by atoms with Crippen LogP contribution in [0.1, 0.15) is 117 Å². The van der Waals surface area contributed by atoms with Gasteiger partial charge in [0.05, 0.1) is 5.92 Å². The first-order valence-corrected chi connectivity index (χ1v) is 12.1. The fraction of sp³-hybridized carbons (Fsp3) is 0.840. The number of hydrogen-bond acceptors (Lipinski definition) is 4. The lowest BCUT2D eigenvalue weighted by Crippen LogP contribution is -2.18. The maximum atomic E-state index is 11.6. The van der Waals surface area contributed by atoms with Crippen LogP contribution in [0, 0.1) is 5.92 Å². The lowest BCUT2D eigenvalue weighted by molar-refractivity contribution is -0.154. The van der Waals surface area contributed by atoms with Gasteiger partial charge in [-0.05, 0) is 38.5 Å². The highest BCUT2D eigenvalue weighted by Gasteiger charge is 2.11. The third-order valence-corrected chi connectivity index (χ3v) is 5.25. The van der Waals surface area contributed by atoms with E-state index in [0.717, 1.165) is 19.3 Å². The van der Waals surface area contributed by atoms with E-state index >= 15 is 0 Å². The summed E-state index contributed by atoms with van der Waals surface area (Å²) < 4.78 is 10.2. The fourth-order valence-corrected chi connectivity index (χ4v) is 3.02. The molecule has 0 fully saturated rings. The molecule has 0 bridgehead atoms. The van der Waals surface area contributed by atoms with Crippen molar-refractivity contribution in [2.75, 3.05) is 13.2 Å². The predicted molar refractivity (Wildman–Crippen MR) is 121 cm³/mol. The molecule has 29 heavy (non-hydrogen) atoms. The SMILES string of the molecule is CCCCCCCC/C=C/CCCCCCCC(=O)OCCOC(=O)C(C)CC. The zero-order valence-electron chi connectivity index (χ0n) is 19.4. The second-order valence-electron chi connectivity index (χ2n) is 8.03. The van der Waals surface area contributed by atoms with Crippen LogP contribution in [-0.4, -0.2) is 25.2 Å². The van der Waals surface area contributed by atoms with Crippen molar-refractivity contribution in [3.63, 3.8) is 0 Å². The van der Waals surface area contributed by atoms with Gasteiger partial charge in [0, 0.05) is 6.42 Å². The summed E-state index contributed by atoms with van der Waals surface area (Å²) >= 11 is 0. The Hall–Kier alpha value is -1.32. The molecule has 0 heterocycles. The maximum Gasteiger partial charge on any atom is 0.308 e. The van der Waals surface area contributed by atoms with Crippen molar-refractivity contribution in [3.8, 4) is 0 Å². The molecule has 0 N–H and O–H groups in total. The van der Waals surface area contributed by atoms with Gasteiger partial charge in [0.2, 0.25) is 0 Å². The van der Waals surface area contributed by atoms with Crippen LogP contribution < -0.4 is 0 Å². The molecule has 1 unspecified atom stereocenters. The number of ether oxygens (including phenoxy) is 2. The summed E-state index contributed by atoms with van der Waals surface area (Å²) in [7, 11) is 0. The number of esters is 2. The fourth-order valence-electron chi connectivity index (χ4n) is 3.02. The molecule has 0 rings (SSSR count). The summed E-state index contributed by atoms with van der Waals surface area (Å²) in [6, 6.07) is 0. The Labute approximate surface area is 179 Å². The standard InChI is InChI=1S/C25H46O4/c1-4-6-7-8-9-10-11-12-13-14-15-16-17-18-19-20-24(26)28-21-22-29-25(27)23(3)5-2/h12-13,23H,4-11,14-22H2,1-3H3/b13-12+. The number of unbranched alkanes of at least 4 members (excludes halogenated alkanes) is 11. The molecular formula is C25H46O4. The first-order chi connectivity index (χ1) is 14.1. The van der Waals surface area contributed by atoms with E-state index in [2.05, 4.69) is 19.1 Å². The van der Waals surface area contributed by atoms with Gasteiger partial charge in [0.15, 0.2) is 0 Å². The number of carbonyl (C=O) groups is 2. The number of rotatable bonds is 20. The van der Waals surface area contributed by atoms with Crippen molar-refractivity contribution in [2.24, 2.45) is 5.92 Å². The topological polar surface area (TPSA) is 52.6 Å². The summed E-state index contributed by atoms with van der Waals surface area (Å²) in [6.07, 6.45) is 22.1. The van der Waals surface area contributed by atoms with Crippen molar-refractivity contribution >= 4 is 11.9 Å². The van der Waals surface area contributed by atoms with Crippen LogP contribution in [0.5, 0.6) is 0 Å². The average Bonchev–Trinajstić information content (AvgIpc) is 2.73. The van der Waals surface area contributed by atoms with E-state index in [0.29, 0.717) is 6.42 Å². The lowest BCUT2D eigenvalue weighted by atomic mass is 10.1. The zero-order chi connectivity index (χ0) is 21.6. The smallest absolute Gasteiger partial charge is 0.308 e. The van der Waals surface area contributed by atoms with E-state index in [4.69, 9.17) is 9.47 Å². The summed E-state index contributed by atoms with van der Waals surface area (Å²) in [5.74, 6) is -0.510. The molecule has 4 heteroatoms. The van der Waals surface area contributed by atoms with Gasteiger partial charge in [0.25, 0.3) is 0 Å². The van der Waals surface area contributed by atoms with Crippen LogP contribution in [0.15, 0.2) is 12.2 Å². The molecule has 170 valence electrons. The summed E-state index contributed by atoms with van der Waals surface area (Å²) in [6.45, 7) is 6.35. The van der Waals surface area contributed by atoms with Crippen LogP contribution in [-0.2, 0) is 19.1 Å². The van der Waals surface area contributed by atoms with E-state index in [9.17, 15) is 9.59 Å². The van der Waals surface area contributed by atoms with E-state index < -0.39 is 0 Å². The first kappa shape index (κ1) is 27.7. The Morgan fingerprint density at radius 2 is 1.24 bits per heavy atom. The quantitative estimate of drug-likeness (QED) is 0.121. The summed E-state index contributed by atoms with van der Waals surface area (Å²) in [5.41, 5.74) is 0. The molecule has 0 saturated carbocycles. The Morgan fingerprint density at radius 1 is 0.724 bits per heavy atom. The third-order valence-electron chi connectivity index (χ3n) is 5.25. The maximum absolute atomic E-state index is 11.6. The molecule has 0 aliphatic heterocycles. The van der Waals surface area contributed by atoms with Gasteiger partial charge in [-0.1, -0.05) is 84.3 Å². The highest BCUT2D eigenvalue weighted by atomic mass is 16.6. The van der Waals surface area contributed by atoms with Gasteiger partial charge in [-0.15, -0.1) is 0 Å². The van der Waals surface area contributed by atoms with Gasteiger partial charge in [-0.3, -0.25) is 9.59 Å². The van der Waals surface area contributed by atoms with Crippen LogP contribution in [0.3, 0.4) is 0 Å². The van der Waals surface area contributed by atoms with Gasteiger partial charge < -0.3 is 9.47 Å². The molecule has 0 aromatic heterocycles. The predicted octanol–water partition coefficient (Wildman–Crippen LogP) is 7.16. The van der Waals surface area contributed by atoms with E-state index in [1.54, 1.807) is 0 Å². The summed E-state index contributed by atoms with van der Waals surface area (Å²) in [4.78, 5) is 23.1. The minimum atomic E-state index is -0.221. The molecule has 1 atom stereocenters. The lowest BCUT2D eigenvalue weighted by Gasteiger charge is -2.09. The van der Waals surface area contributed by atoms with Gasteiger partial charge in [-0.2, -0.15) is 0 Å².